The second-order valence-electron chi connectivity index (χ2n) is 6.85. The summed E-state index contributed by atoms with van der Waals surface area (Å²) in [7, 11) is 1.67. The third-order valence-corrected chi connectivity index (χ3v) is 4.85. The second-order valence-corrected chi connectivity index (χ2v) is 7.29. The molecule has 0 aliphatic heterocycles. The first kappa shape index (κ1) is 21.3. The average Bonchev–Trinajstić information content (AvgIpc) is 2.79. The summed E-state index contributed by atoms with van der Waals surface area (Å²) in [4.78, 5) is 21.1. The van der Waals surface area contributed by atoms with Gasteiger partial charge in [-0.05, 0) is 42.0 Å². The molecule has 9 heteroatoms. The largest absolute Gasteiger partial charge is 0.456 e. The Morgan fingerprint density at radius 3 is 2.47 bits per heavy atom. The molecule has 2 heterocycles. The Hall–Kier alpha value is -3.91. The van der Waals surface area contributed by atoms with E-state index < -0.39 is 5.82 Å². The van der Waals surface area contributed by atoms with Crippen molar-refractivity contribution in [2.45, 2.75) is 6.54 Å². The van der Waals surface area contributed by atoms with E-state index in [1.54, 1.807) is 43.4 Å². The molecule has 0 saturated heterocycles. The summed E-state index contributed by atoms with van der Waals surface area (Å²) in [5.41, 5.74) is 1.78. The van der Waals surface area contributed by atoms with Crippen molar-refractivity contribution in [1.82, 2.24) is 14.5 Å². The number of aromatic nitrogens is 3. The number of anilines is 3. The summed E-state index contributed by atoms with van der Waals surface area (Å²) >= 11 is 5.97. The fourth-order valence-corrected chi connectivity index (χ4v) is 3.13. The normalized spacial score (nSPS) is 10.6. The highest BCUT2D eigenvalue weighted by molar-refractivity contribution is 6.30. The van der Waals surface area contributed by atoms with Crippen molar-refractivity contribution >= 4 is 28.9 Å². The minimum absolute atomic E-state index is 0.210. The molecule has 0 amide bonds. The van der Waals surface area contributed by atoms with E-state index in [1.807, 2.05) is 12.1 Å². The molecule has 7 nitrogen and oxygen atoms in total. The molecule has 0 atom stereocenters. The molecular weight excluding hydrogens is 433 g/mol. The van der Waals surface area contributed by atoms with Gasteiger partial charge in [0.2, 0.25) is 5.95 Å². The van der Waals surface area contributed by atoms with Gasteiger partial charge in [-0.25, -0.2) is 9.37 Å². The van der Waals surface area contributed by atoms with Crippen molar-refractivity contribution in [3.63, 3.8) is 0 Å². The van der Waals surface area contributed by atoms with Crippen LogP contribution < -0.4 is 20.9 Å². The van der Waals surface area contributed by atoms with Gasteiger partial charge in [0.05, 0.1) is 25.1 Å². The number of rotatable bonds is 7. The first-order valence-corrected chi connectivity index (χ1v) is 10.1. The smallest absolute Gasteiger partial charge is 0.278 e. The van der Waals surface area contributed by atoms with Crippen LogP contribution in [-0.2, 0) is 6.54 Å². The van der Waals surface area contributed by atoms with Gasteiger partial charge >= 0.3 is 0 Å². The highest BCUT2D eigenvalue weighted by Crippen LogP contribution is 2.24. The van der Waals surface area contributed by atoms with E-state index >= 15 is 0 Å². The summed E-state index contributed by atoms with van der Waals surface area (Å²) in [6, 6.07) is 15.5. The van der Waals surface area contributed by atoms with Crippen LogP contribution in [0.25, 0.3) is 0 Å². The van der Waals surface area contributed by atoms with E-state index in [4.69, 9.17) is 16.3 Å². The Labute approximate surface area is 188 Å². The van der Waals surface area contributed by atoms with Crippen LogP contribution in [-0.4, -0.2) is 21.6 Å². The number of pyridine rings is 1. The van der Waals surface area contributed by atoms with Gasteiger partial charge in [-0.15, -0.1) is 0 Å². The van der Waals surface area contributed by atoms with Crippen LogP contribution in [0, 0.1) is 5.82 Å². The average molecular weight is 452 g/mol. The zero-order valence-corrected chi connectivity index (χ0v) is 17.8. The van der Waals surface area contributed by atoms with Gasteiger partial charge in [-0.2, -0.15) is 0 Å². The van der Waals surface area contributed by atoms with Gasteiger partial charge in [0.25, 0.3) is 5.56 Å². The van der Waals surface area contributed by atoms with Crippen LogP contribution in [0.5, 0.6) is 11.5 Å². The fraction of sp³-hybridized carbons (Fsp3) is 0.0870. The molecule has 0 bridgehead atoms. The monoisotopic (exact) mass is 451 g/mol. The van der Waals surface area contributed by atoms with Crippen molar-refractivity contribution in [3.8, 4) is 11.5 Å². The molecule has 0 unspecified atom stereocenters. The zero-order valence-electron chi connectivity index (χ0n) is 17.0. The first-order chi connectivity index (χ1) is 15.5. The summed E-state index contributed by atoms with van der Waals surface area (Å²) in [6.45, 7) is 0.314. The molecule has 0 fully saturated rings. The number of nitrogens with one attached hydrogen (secondary N) is 2. The van der Waals surface area contributed by atoms with Crippen molar-refractivity contribution < 1.29 is 9.13 Å². The maximum absolute atomic E-state index is 13.3. The number of benzene rings is 2. The number of hydrogen-bond donors (Lipinski definition) is 2. The molecule has 2 aromatic carbocycles. The molecule has 4 rings (SSSR count). The van der Waals surface area contributed by atoms with Gasteiger partial charge in [0, 0.05) is 23.8 Å². The summed E-state index contributed by atoms with van der Waals surface area (Å²) in [5, 5.41) is 6.65. The Morgan fingerprint density at radius 2 is 1.78 bits per heavy atom. The third-order valence-electron chi connectivity index (χ3n) is 4.60. The highest BCUT2D eigenvalue weighted by atomic mass is 35.5. The summed E-state index contributed by atoms with van der Waals surface area (Å²) < 4.78 is 20.4. The maximum Gasteiger partial charge on any atom is 0.278 e. The van der Waals surface area contributed by atoms with Crippen LogP contribution in [0.1, 0.15) is 5.56 Å². The minimum atomic E-state index is -0.476. The maximum atomic E-state index is 13.3. The lowest BCUT2D eigenvalue weighted by Gasteiger charge is -2.15. The molecule has 0 aliphatic carbocycles. The van der Waals surface area contributed by atoms with Crippen LogP contribution in [0.15, 0.2) is 78.0 Å². The highest BCUT2D eigenvalue weighted by Gasteiger charge is 2.11. The van der Waals surface area contributed by atoms with Crippen molar-refractivity contribution in [2.24, 2.45) is 0 Å². The molecule has 2 N–H and O–H groups in total. The van der Waals surface area contributed by atoms with Crippen molar-refractivity contribution in [3.05, 3.63) is 99.9 Å². The topological polar surface area (TPSA) is 81.1 Å². The Morgan fingerprint density at radius 1 is 1.03 bits per heavy atom. The zero-order chi connectivity index (χ0) is 22.5. The van der Waals surface area contributed by atoms with Crippen molar-refractivity contribution in [1.29, 1.82) is 0 Å². The molecule has 162 valence electrons. The number of hydrogen-bond acceptors (Lipinski definition) is 6. The molecule has 0 radical (unpaired) electrons. The molecule has 0 spiro atoms. The SMILES string of the molecule is CNc1cnc(Nc2ccc(Oc3cncc(F)c3)cc2)n(Cc2ccc(Cl)cc2)c1=O. The quantitative estimate of drug-likeness (QED) is 0.409. The van der Waals surface area contributed by atoms with E-state index in [0.717, 1.165) is 11.8 Å². The predicted octanol–water partition coefficient (Wildman–Crippen LogP) is 5.06. The van der Waals surface area contributed by atoms with Crippen LogP contribution in [0.2, 0.25) is 5.02 Å². The molecule has 4 aromatic rings. The van der Waals surface area contributed by atoms with E-state index in [-0.39, 0.29) is 5.56 Å². The Balaban J connectivity index is 1.57. The summed E-state index contributed by atoms with van der Waals surface area (Å²) in [6.07, 6.45) is 4.02. The summed E-state index contributed by atoms with van der Waals surface area (Å²) in [5.74, 6) is 0.717. The lowest BCUT2D eigenvalue weighted by atomic mass is 10.2. The number of nitrogens with zero attached hydrogens (tertiary/aromatic N) is 3. The third kappa shape index (κ3) is 5.04. The van der Waals surface area contributed by atoms with E-state index in [0.29, 0.717) is 40.4 Å². The van der Waals surface area contributed by atoms with Gasteiger partial charge in [0.15, 0.2) is 0 Å². The van der Waals surface area contributed by atoms with Gasteiger partial charge < -0.3 is 15.4 Å². The molecule has 32 heavy (non-hydrogen) atoms. The number of ether oxygens (including phenoxy) is 1. The van der Waals surface area contributed by atoms with Gasteiger partial charge in [-0.1, -0.05) is 23.7 Å². The number of halogens is 2. The molecule has 2 aromatic heterocycles. The van der Waals surface area contributed by atoms with E-state index in [9.17, 15) is 9.18 Å². The molecule has 0 aliphatic rings. The fourth-order valence-electron chi connectivity index (χ4n) is 3.00. The van der Waals surface area contributed by atoms with Gasteiger partial charge in [-0.3, -0.25) is 14.3 Å². The standard InChI is InChI=1S/C23H19ClFN5O2/c1-26-21-13-28-23(30(22(21)31)14-15-2-4-16(24)5-3-15)29-18-6-8-19(9-7-18)32-20-10-17(25)11-27-12-20/h2-13,26H,14H2,1H3,(H,28,29). The Bertz CT molecular complexity index is 1280. The lowest BCUT2D eigenvalue weighted by molar-refractivity contribution is 0.473. The Kier molecular flexibility index (Phi) is 6.32. The van der Waals surface area contributed by atoms with Crippen LogP contribution in [0.4, 0.5) is 21.7 Å². The second kappa shape index (κ2) is 9.49. The predicted molar refractivity (Wildman–Crippen MR) is 123 cm³/mol. The van der Waals surface area contributed by atoms with E-state index in [1.165, 1.54) is 23.0 Å². The minimum Gasteiger partial charge on any atom is -0.456 e. The van der Waals surface area contributed by atoms with Crippen molar-refractivity contribution in [2.75, 3.05) is 17.7 Å². The molecular formula is C23H19ClFN5O2. The van der Waals surface area contributed by atoms with E-state index in [2.05, 4.69) is 20.6 Å². The van der Waals surface area contributed by atoms with Crippen LogP contribution in [0.3, 0.4) is 0 Å². The van der Waals surface area contributed by atoms with Gasteiger partial charge in [0.1, 0.15) is 23.0 Å². The molecule has 0 saturated carbocycles. The first-order valence-electron chi connectivity index (χ1n) is 9.69. The van der Waals surface area contributed by atoms with Crippen LogP contribution >= 0.6 is 11.6 Å². The lowest BCUT2D eigenvalue weighted by Crippen LogP contribution is -2.26.